The number of carbonyl (C=O) groups is 2. The SMILES string of the molecule is COC(=O)C1CCCCN1Cc1ccc2c(c1)CN(C(=O)c1ccc(F)cc1)CCO2. The largest absolute Gasteiger partial charge is 0.491 e. The summed E-state index contributed by atoms with van der Waals surface area (Å²) in [6.07, 6.45) is 2.89. The molecule has 0 bridgehead atoms. The summed E-state index contributed by atoms with van der Waals surface area (Å²) in [5.74, 6) is 0.0625. The average Bonchev–Trinajstić information content (AvgIpc) is 3.01. The van der Waals surface area contributed by atoms with Crippen LogP contribution in [0.25, 0.3) is 0 Å². The Morgan fingerprint density at radius 3 is 2.71 bits per heavy atom. The number of carbonyl (C=O) groups excluding carboxylic acids is 2. The van der Waals surface area contributed by atoms with Crippen molar-refractivity contribution in [1.82, 2.24) is 9.80 Å². The van der Waals surface area contributed by atoms with Crippen LogP contribution in [0.2, 0.25) is 0 Å². The maximum atomic E-state index is 13.2. The number of piperidine rings is 1. The second-order valence-electron chi connectivity index (χ2n) is 8.03. The Kier molecular flexibility index (Phi) is 6.51. The summed E-state index contributed by atoms with van der Waals surface area (Å²) in [6, 6.07) is 11.4. The van der Waals surface area contributed by atoms with Crippen molar-refractivity contribution < 1.29 is 23.5 Å². The highest BCUT2D eigenvalue weighted by atomic mass is 19.1. The molecule has 2 aromatic rings. The second kappa shape index (κ2) is 9.47. The number of hydrogen-bond donors (Lipinski definition) is 0. The molecule has 0 spiro atoms. The molecule has 1 atom stereocenters. The fraction of sp³-hybridized carbons (Fsp3) is 0.417. The van der Waals surface area contributed by atoms with Gasteiger partial charge in [0.1, 0.15) is 24.2 Å². The van der Waals surface area contributed by atoms with E-state index >= 15 is 0 Å². The van der Waals surface area contributed by atoms with Crippen molar-refractivity contribution in [3.63, 3.8) is 0 Å². The van der Waals surface area contributed by atoms with E-state index in [1.807, 2.05) is 12.1 Å². The van der Waals surface area contributed by atoms with Crippen molar-refractivity contribution in [2.24, 2.45) is 0 Å². The highest BCUT2D eigenvalue weighted by molar-refractivity contribution is 5.94. The van der Waals surface area contributed by atoms with Crippen LogP contribution in [0, 0.1) is 5.82 Å². The lowest BCUT2D eigenvalue weighted by Gasteiger charge is -2.33. The average molecular weight is 426 g/mol. The normalized spacial score (nSPS) is 19.2. The highest BCUT2D eigenvalue weighted by Crippen LogP contribution is 2.27. The number of ether oxygens (including phenoxy) is 2. The van der Waals surface area contributed by atoms with E-state index in [-0.39, 0.29) is 23.7 Å². The molecule has 1 fully saturated rings. The summed E-state index contributed by atoms with van der Waals surface area (Å²) >= 11 is 0. The minimum absolute atomic E-state index is 0.149. The van der Waals surface area contributed by atoms with Crippen molar-refractivity contribution in [1.29, 1.82) is 0 Å². The lowest BCUT2D eigenvalue weighted by molar-refractivity contribution is -0.148. The molecule has 6 nitrogen and oxygen atoms in total. The monoisotopic (exact) mass is 426 g/mol. The quantitative estimate of drug-likeness (QED) is 0.702. The van der Waals surface area contributed by atoms with Gasteiger partial charge in [-0.05, 0) is 61.3 Å². The summed E-state index contributed by atoms with van der Waals surface area (Å²) in [5.41, 5.74) is 2.45. The van der Waals surface area contributed by atoms with Crippen LogP contribution in [0.3, 0.4) is 0 Å². The number of hydrogen-bond acceptors (Lipinski definition) is 5. The van der Waals surface area contributed by atoms with Gasteiger partial charge in [-0.15, -0.1) is 0 Å². The van der Waals surface area contributed by atoms with E-state index in [1.165, 1.54) is 31.4 Å². The number of nitrogens with zero attached hydrogens (tertiary/aromatic N) is 2. The summed E-state index contributed by atoms with van der Waals surface area (Å²) in [6.45, 7) is 2.76. The predicted octanol–water partition coefficient (Wildman–Crippen LogP) is 3.39. The molecule has 0 aliphatic carbocycles. The van der Waals surface area contributed by atoms with E-state index in [4.69, 9.17) is 9.47 Å². The molecular formula is C24H27FN2O4. The van der Waals surface area contributed by atoms with Crippen LogP contribution < -0.4 is 4.74 Å². The number of amides is 1. The van der Waals surface area contributed by atoms with Crippen LogP contribution in [0.4, 0.5) is 4.39 Å². The Bertz CT molecular complexity index is 947. The van der Waals surface area contributed by atoms with E-state index < -0.39 is 0 Å². The van der Waals surface area contributed by atoms with E-state index in [0.717, 1.165) is 42.7 Å². The molecule has 164 valence electrons. The number of likely N-dealkylation sites (tertiary alicyclic amines) is 1. The molecule has 0 aromatic heterocycles. The van der Waals surface area contributed by atoms with Crippen LogP contribution in [0.15, 0.2) is 42.5 Å². The van der Waals surface area contributed by atoms with Crippen molar-refractivity contribution in [3.8, 4) is 5.75 Å². The first-order chi connectivity index (χ1) is 15.0. The minimum atomic E-state index is -0.367. The molecule has 2 aromatic carbocycles. The Labute approximate surface area is 181 Å². The topological polar surface area (TPSA) is 59.1 Å². The van der Waals surface area contributed by atoms with Gasteiger partial charge in [-0.3, -0.25) is 14.5 Å². The summed E-state index contributed by atoms with van der Waals surface area (Å²) in [5, 5.41) is 0. The van der Waals surface area contributed by atoms with E-state index in [2.05, 4.69) is 11.0 Å². The maximum absolute atomic E-state index is 13.2. The number of methoxy groups -OCH3 is 1. The lowest BCUT2D eigenvalue weighted by atomic mass is 10.0. The van der Waals surface area contributed by atoms with Gasteiger partial charge in [0.25, 0.3) is 5.91 Å². The zero-order valence-corrected chi connectivity index (χ0v) is 17.7. The van der Waals surface area contributed by atoms with Crippen LogP contribution in [-0.4, -0.2) is 54.5 Å². The molecule has 0 radical (unpaired) electrons. The predicted molar refractivity (Wildman–Crippen MR) is 113 cm³/mol. The van der Waals surface area contributed by atoms with Gasteiger partial charge in [0, 0.05) is 24.2 Å². The number of fused-ring (bicyclic) bond motifs is 1. The highest BCUT2D eigenvalue weighted by Gasteiger charge is 2.29. The summed E-state index contributed by atoms with van der Waals surface area (Å²) < 4.78 is 24.1. The van der Waals surface area contributed by atoms with Gasteiger partial charge >= 0.3 is 5.97 Å². The first kappa shape index (κ1) is 21.3. The third-order valence-electron chi connectivity index (χ3n) is 5.96. The summed E-state index contributed by atoms with van der Waals surface area (Å²) in [4.78, 5) is 29.0. The van der Waals surface area contributed by atoms with Crippen molar-refractivity contribution in [2.75, 3.05) is 26.8 Å². The van der Waals surface area contributed by atoms with Gasteiger partial charge in [0.15, 0.2) is 0 Å². The molecule has 4 rings (SSSR count). The number of rotatable bonds is 4. The fourth-order valence-corrected chi connectivity index (χ4v) is 4.31. The Morgan fingerprint density at radius 1 is 1.13 bits per heavy atom. The van der Waals surface area contributed by atoms with Crippen molar-refractivity contribution in [3.05, 3.63) is 65.0 Å². The zero-order chi connectivity index (χ0) is 21.8. The first-order valence-corrected chi connectivity index (χ1v) is 10.7. The molecule has 2 heterocycles. The van der Waals surface area contributed by atoms with Gasteiger partial charge in [-0.1, -0.05) is 12.5 Å². The first-order valence-electron chi connectivity index (χ1n) is 10.7. The third-order valence-corrected chi connectivity index (χ3v) is 5.96. The Hall–Kier alpha value is -2.93. The van der Waals surface area contributed by atoms with Crippen LogP contribution >= 0.6 is 0 Å². The number of esters is 1. The molecule has 7 heteroatoms. The molecular weight excluding hydrogens is 399 g/mol. The van der Waals surface area contributed by atoms with Crippen LogP contribution in [0.5, 0.6) is 5.75 Å². The molecule has 1 amide bonds. The third kappa shape index (κ3) is 4.88. The maximum Gasteiger partial charge on any atom is 0.323 e. The molecule has 2 aliphatic heterocycles. The molecule has 1 saturated heterocycles. The number of benzene rings is 2. The standard InChI is InChI=1S/C24H27FN2O4/c1-30-24(29)21-4-2-3-11-26(21)15-17-5-10-22-19(14-17)16-27(12-13-31-22)23(28)18-6-8-20(25)9-7-18/h5-10,14,21H,2-4,11-13,15-16H2,1H3. The molecule has 1 unspecified atom stereocenters. The molecule has 0 N–H and O–H groups in total. The Balaban J connectivity index is 1.51. The second-order valence-corrected chi connectivity index (χ2v) is 8.03. The van der Waals surface area contributed by atoms with Gasteiger partial charge in [0.2, 0.25) is 0 Å². The van der Waals surface area contributed by atoms with Crippen LogP contribution in [-0.2, 0) is 22.6 Å². The lowest BCUT2D eigenvalue weighted by Crippen LogP contribution is -2.44. The van der Waals surface area contributed by atoms with Gasteiger partial charge in [0.05, 0.1) is 13.7 Å². The minimum Gasteiger partial charge on any atom is -0.491 e. The summed E-state index contributed by atoms with van der Waals surface area (Å²) in [7, 11) is 1.43. The van der Waals surface area contributed by atoms with Crippen molar-refractivity contribution in [2.45, 2.75) is 38.4 Å². The number of halogens is 1. The smallest absolute Gasteiger partial charge is 0.323 e. The zero-order valence-electron chi connectivity index (χ0n) is 17.7. The van der Waals surface area contributed by atoms with E-state index in [1.54, 1.807) is 4.90 Å². The van der Waals surface area contributed by atoms with Gasteiger partial charge in [-0.2, -0.15) is 0 Å². The van der Waals surface area contributed by atoms with Gasteiger partial charge in [-0.25, -0.2) is 4.39 Å². The molecule has 0 saturated carbocycles. The van der Waals surface area contributed by atoms with Crippen LogP contribution in [0.1, 0.15) is 40.7 Å². The van der Waals surface area contributed by atoms with E-state index in [0.29, 0.717) is 31.8 Å². The Morgan fingerprint density at radius 2 is 1.94 bits per heavy atom. The fourth-order valence-electron chi connectivity index (χ4n) is 4.31. The van der Waals surface area contributed by atoms with E-state index in [9.17, 15) is 14.0 Å². The van der Waals surface area contributed by atoms with Gasteiger partial charge < -0.3 is 14.4 Å². The molecule has 31 heavy (non-hydrogen) atoms. The molecule has 2 aliphatic rings. The van der Waals surface area contributed by atoms with Crippen molar-refractivity contribution >= 4 is 11.9 Å².